The van der Waals surface area contributed by atoms with E-state index in [1.807, 2.05) is 0 Å². The van der Waals surface area contributed by atoms with Crippen molar-refractivity contribution in [2.75, 3.05) is 44.3 Å². The van der Waals surface area contributed by atoms with Gasteiger partial charge in [0.1, 0.15) is 12.4 Å². The fourth-order valence-corrected chi connectivity index (χ4v) is 4.68. The molecule has 0 aromatic heterocycles. The van der Waals surface area contributed by atoms with Crippen molar-refractivity contribution in [3.63, 3.8) is 0 Å². The predicted octanol–water partition coefficient (Wildman–Crippen LogP) is 2.63. The van der Waals surface area contributed by atoms with Crippen LogP contribution in [0.2, 0.25) is 0 Å². The number of anilines is 1. The third-order valence-electron chi connectivity index (χ3n) is 6.00. The molecule has 1 aromatic carbocycles. The minimum atomic E-state index is 0.406. The van der Waals surface area contributed by atoms with Crippen LogP contribution in [0.4, 0.5) is 5.69 Å². The lowest BCUT2D eigenvalue weighted by Gasteiger charge is -2.36. The van der Waals surface area contributed by atoms with Gasteiger partial charge in [-0.1, -0.05) is 0 Å². The van der Waals surface area contributed by atoms with Crippen LogP contribution in [0, 0.1) is 0 Å². The summed E-state index contributed by atoms with van der Waals surface area (Å²) in [6.45, 7) is 5.98. The van der Waals surface area contributed by atoms with Crippen LogP contribution in [-0.4, -0.2) is 45.5 Å². The second kappa shape index (κ2) is 6.23. The first-order valence-corrected chi connectivity index (χ1v) is 9.79. The van der Waals surface area contributed by atoms with E-state index in [0.717, 1.165) is 57.5 Å². The Bertz CT molecular complexity index is 621. The summed E-state index contributed by atoms with van der Waals surface area (Å²) in [6.07, 6.45) is 7.84. The quantitative estimate of drug-likeness (QED) is 0.925. The summed E-state index contributed by atoms with van der Waals surface area (Å²) < 4.78 is 12.1. The number of nitrogens with one attached hydrogen (secondary N) is 1. The van der Waals surface area contributed by atoms with Gasteiger partial charge in [-0.25, -0.2) is 0 Å². The van der Waals surface area contributed by atoms with Crippen molar-refractivity contribution >= 4 is 5.69 Å². The zero-order chi connectivity index (χ0) is 15.9. The molecule has 1 aliphatic carbocycles. The van der Waals surface area contributed by atoms with Crippen LogP contribution in [-0.2, 0) is 17.6 Å². The average molecular weight is 328 g/mol. The number of ether oxygens (including phenoxy) is 2. The van der Waals surface area contributed by atoms with Gasteiger partial charge in [0, 0.05) is 13.2 Å². The van der Waals surface area contributed by atoms with E-state index in [1.54, 1.807) is 11.1 Å². The van der Waals surface area contributed by atoms with Gasteiger partial charge < -0.3 is 19.7 Å². The number of rotatable bonds is 3. The molecule has 2 fully saturated rings. The topological polar surface area (TPSA) is 33.7 Å². The Morgan fingerprint density at radius 1 is 1.12 bits per heavy atom. The molecular formula is C20H28N2O2. The molecule has 0 unspecified atom stereocenters. The Kier molecular flexibility index (Phi) is 3.90. The fraction of sp³-hybridized carbons (Fsp3) is 0.700. The molecule has 1 saturated heterocycles. The highest BCUT2D eigenvalue weighted by Crippen LogP contribution is 2.51. The highest BCUT2D eigenvalue weighted by atomic mass is 16.5. The summed E-state index contributed by atoms with van der Waals surface area (Å²) in [5, 5.41) is 3.57. The molecule has 0 spiro atoms. The van der Waals surface area contributed by atoms with E-state index < -0.39 is 0 Å². The number of nitrogens with zero attached hydrogens (tertiary/aromatic N) is 1. The molecule has 1 saturated carbocycles. The molecule has 4 aliphatic rings. The smallest absolute Gasteiger partial charge is 0.143 e. The lowest BCUT2D eigenvalue weighted by atomic mass is 9.91. The van der Waals surface area contributed by atoms with E-state index in [0.29, 0.717) is 6.10 Å². The molecule has 1 aromatic rings. The van der Waals surface area contributed by atoms with Gasteiger partial charge in [-0.05, 0) is 80.3 Å². The van der Waals surface area contributed by atoms with Crippen molar-refractivity contribution in [2.24, 2.45) is 0 Å². The number of benzene rings is 1. The summed E-state index contributed by atoms with van der Waals surface area (Å²) in [5.74, 6) is 1.90. The van der Waals surface area contributed by atoms with Crippen LogP contribution < -0.4 is 15.0 Å². The molecule has 24 heavy (non-hydrogen) atoms. The van der Waals surface area contributed by atoms with Crippen molar-refractivity contribution in [1.82, 2.24) is 5.32 Å². The van der Waals surface area contributed by atoms with Crippen molar-refractivity contribution in [3.05, 3.63) is 22.8 Å². The maximum atomic E-state index is 6.14. The molecule has 4 nitrogen and oxygen atoms in total. The standard InChI is InChI=1S/C20H28N2O2/c1-2-16(23-10-1)13-22-9-11-24-18-12-15-5-7-21-8-6-17(15)19(20(18)22)14-3-4-14/h12,14,16,21H,1-11,13H2/t16-/m0/s1. The first-order chi connectivity index (χ1) is 11.9. The lowest BCUT2D eigenvalue weighted by molar-refractivity contribution is 0.114. The Hall–Kier alpha value is -1.26. The maximum absolute atomic E-state index is 6.14. The summed E-state index contributed by atoms with van der Waals surface area (Å²) in [5.41, 5.74) is 6.20. The van der Waals surface area contributed by atoms with Crippen LogP contribution in [0.15, 0.2) is 6.07 Å². The zero-order valence-corrected chi connectivity index (χ0v) is 14.5. The van der Waals surface area contributed by atoms with Crippen molar-refractivity contribution in [2.45, 2.75) is 50.5 Å². The highest BCUT2D eigenvalue weighted by molar-refractivity contribution is 5.71. The second-order valence-corrected chi connectivity index (χ2v) is 7.73. The fourth-order valence-electron chi connectivity index (χ4n) is 4.68. The molecule has 5 rings (SSSR count). The van der Waals surface area contributed by atoms with E-state index in [2.05, 4.69) is 16.3 Å². The van der Waals surface area contributed by atoms with Gasteiger partial charge in [-0.3, -0.25) is 0 Å². The number of fused-ring (bicyclic) bond motifs is 2. The van der Waals surface area contributed by atoms with Crippen LogP contribution in [0.3, 0.4) is 0 Å². The molecule has 3 heterocycles. The SMILES string of the molecule is c1c2c(c(C3CC3)c3c1OCCN3C[C@@H]1CCCO1)CCNCC2. The second-order valence-electron chi connectivity index (χ2n) is 7.73. The Morgan fingerprint density at radius 3 is 2.88 bits per heavy atom. The summed E-state index contributed by atoms with van der Waals surface area (Å²) in [7, 11) is 0. The maximum Gasteiger partial charge on any atom is 0.143 e. The van der Waals surface area contributed by atoms with Gasteiger partial charge in [0.15, 0.2) is 0 Å². The van der Waals surface area contributed by atoms with E-state index in [4.69, 9.17) is 9.47 Å². The van der Waals surface area contributed by atoms with E-state index >= 15 is 0 Å². The van der Waals surface area contributed by atoms with Crippen molar-refractivity contribution in [3.8, 4) is 5.75 Å². The minimum absolute atomic E-state index is 0.406. The van der Waals surface area contributed by atoms with Crippen LogP contribution in [0.1, 0.15) is 48.3 Å². The molecule has 0 bridgehead atoms. The van der Waals surface area contributed by atoms with Gasteiger partial charge in [-0.15, -0.1) is 0 Å². The normalized spacial score (nSPS) is 26.5. The Morgan fingerprint density at radius 2 is 2.04 bits per heavy atom. The highest BCUT2D eigenvalue weighted by Gasteiger charge is 2.36. The van der Waals surface area contributed by atoms with Crippen LogP contribution in [0.25, 0.3) is 0 Å². The first kappa shape index (κ1) is 15.0. The molecule has 4 heteroatoms. The molecule has 130 valence electrons. The molecular weight excluding hydrogens is 300 g/mol. The van der Waals surface area contributed by atoms with Crippen molar-refractivity contribution < 1.29 is 9.47 Å². The molecule has 0 amide bonds. The van der Waals surface area contributed by atoms with E-state index in [1.165, 1.54) is 43.4 Å². The van der Waals surface area contributed by atoms with Gasteiger partial charge in [0.25, 0.3) is 0 Å². The Balaban J connectivity index is 1.57. The third-order valence-corrected chi connectivity index (χ3v) is 6.00. The molecule has 3 aliphatic heterocycles. The Labute approximate surface area is 144 Å². The largest absolute Gasteiger partial charge is 0.490 e. The predicted molar refractivity (Wildman–Crippen MR) is 95.4 cm³/mol. The third kappa shape index (κ3) is 2.70. The summed E-state index contributed by atoms with van der Waals surface area (Å²) >= 11 is 0. The van der Waals surface area contributed by atoms with Gasteiger partial charge in [0.05, 0.1) is 18.3 Å². The van der Waals surface area contributed by atoms with Gasteiger partial charge in [0.2, 0.25) is 0 Å². The van der Waals surface area contributed by atoms with Crippen LogP contribution >= 0.6 is 0 Å². The summed E-state index contributed by atoms with van der Waals surface area (Å²) in [4.78, 5) is 2.58. The zero-order valence-electron chi connectivity index (χ0n) is 14.5. The summed E-state index contributed by atoms with van der Waals surface area (Å²) in [6, 6.07) is 2.35. The van der Waals surface area contributed by atoms with Crippen LogP contribution in [0.5, 0.6) is 5.75 Å². The van der Waals surface area contributed by atoms with E-state index in [-0.39, 0.29) is 0 Å². The number of hydrogen-bond acceptors (Lipinski definition) is 4. The number of hydrogen-bond donors (Lipinski definition) is 1. The molecule has 1 N–H and O–H groups in total. The monoisotopic (exact) mass is 328 g/mol. The average Bonchev–Trinajstić information content (AvgIpc) is 3.35. The lowest BCUT2D eigenvalue weighted by Crippen LogP contribution is -2.39. The first-order valence-electron chi connectivity index (χ1n) is 9.79. The van der Waals surface area contributed by atoms with E-state index in [9.17, 15) is 0 Å². The minimum Gasteiger partial charge on any atom is -0.490 e. The van der Waals surface area contributed by atoms with Gasteiger partial charge in [-0.2, -0.15) is 0 Å². The molecule has 0 radical (unpaired) electrons. The van der Waals surface area contributed by atoms with Crippen molar-refractivity contribution in [1.29, 1.82) is 0 Å². The molecule has 1 atom stereocenters. The van der Waals surface area contributed by atoms with Gasteiger partial charge >= 0.3 is 0 Å².